The quantitative estimate of drug-likeness (QED) is 0.379. The molecule has 2 rings (SSSR count). The summed E-state index contributed by atoms with van der Waals surface area (Å²) in [4.78, 5) is 45.6. The summed E-state index contributed by atoms with van der Waals surface area (Å²) in [5.41, 5.74) is 1.15. The van der Waals surface area contributed by atoms with Gasteiger partial charge in [0.15, 0.2) is 6.61 Å². The van der Waals surface area contributed by atoms with Crippen LogP contribution in [-0.2, 0) is 14.3 Å². The number of nitro groups is 1. The number of anilines is 1. The molecule has 2 aromatic rings. The van der Waals surface area contributed by atoms with Crippen molar-refractivity contribution in [3.8, 4) is 0 Å². The van der Waals surface area contributed by atoms with Crippen molar-refractivity contribution in [1.82, 2.24) is 5.32 Å². The number of nitrogens with zero attached hydrogens (tertiary/aromatic N) is 1. The van der Waals surface area contributed by atoms with E-state index in [1.54, 1.807) is 31.2 Å². The summed E-state index contributed by atoms with van der Waals surface area (Å²) < 4.78 is 5.62. The van der Waals surface area contributed by atoms with Crippen LogP contribution in [0.2, 0.25) is 0 Å². The fraction of sp³-hybridized carbons (Fsp3) is 0.167. The van der Waals surface area contributed by atoms with Gasteiger partial charge in [-0.3, -0.25) is 24.5 Å². The zero-order valence-electron chi connectivity index (χ0n) is 14.7. The Kier molecular flexibility index (Phi) is 7.21. The smallest absolute Gasteiger partial charge is 0.325 e. The van der Waals surface area contributed by atoms with Gasteiger partial charge in [-0.05, 0) is 42.8 Å². The van der Waals surface area contributed by atoms with Gasteiger partial charge in [0.1, 0.15) is 6.54 Å². The lowest BCUT2D eigenvalue weighted by Crippen LogP contribution is -2.32. The van der Waals surface area contributed by atoms with Crippen LogP contribution < -0.4 is 10.6 Å². The van der Waals surface area contributed by atoms with Crippen LogP contribution in [0.15, 0.2) is 46.9 Å². The standard InChI is InChI=1S/C18H16BrN3O6/c1-11-8-14(22(26)27)6-7-15(11)21-16(23)10-28-17(24)9-20-18(25)12-2-4-13(19)5-3-12/h2-8H,9-10H2,1H3,(H,20,25)(H,21,23). The van der Waals surface area contributed by atoms with Crippen molar-refractivity contribution in [3.05, 3.63) is 68.2 Å². The average molecular weight is 450 g/mol. The number of benzene rings is 2. The highest BCUT2D eigenvalue weighted by atomic mass is 79.9. The zero-order chi connectivity index (χ0) is 20.7. The molecule has 28 heavy (non-hydrogen) atoms. The van der Waals surface area contributed by atoms with Crippen LogP contribution in [0, 0.1) is 17.0 Å². The molecular formula is C18H16BrN3O6. The lowest BCUT2D eigenvalue weighted by atomic mass is 10.2. The molecule has 0 unspecified atom stereocenters. The van der Waals surface area contributed by atoms with Crippen LogP contribution in [-0.4, -0.2) is 35.9 Å². The Hall–Kier alpha value is -3.27. The molecular weight excluding hydrogens is 434 g/mol. The van der Waals surface area contributed by atoms with Gasteiger partial charge >= 0.3 is 5.97 Å². The Balaban J connectivity index is 1.77. The van der Waals surface area contributed by atoms with E-state index < -0.39 is 35.9 Å². The lowest BCUT2D eigenvalue weighted by molar-refractivity contribution is -0.384. The summed E-state index contributed by atoms with van der Waals surface area (Å²) in [6.45, 7) is 0.661. The number of hydrogen-bond acceptors (Lipinski definition) is 6. The normalized spacial score (nSPS) is 10.1. The number of non-ortho nitro benzene ring substituents is 1. The molecule has 146 valence electrons. The van der Waals surface area contributed by atoms with E-state index >= 15 is 0 Å². The number of rotatable bonds is 7. The SMILES string of the molecule is Cc1cc([N+](=O)[O-])ccc1NC(=O)COC(=O)CNC(=O)c1ccc(Br)cc1. The maximum Gasteiger partial charge on any atom is 0.325 e. The number of carbonyl (C=O) groups is 3. The number of amides is 2. The number of esters is 1. The largest absolute Gasteiger partial charge is 0.454 e. The number of nitro benzene ring substituents is 1. The molecule has 0 spiro atoms. The maximum atomic E-state index is 11.9. The molecule has 2 N–H and O–H groups in total. The molecule has 0 aliphatic carbocycles. The van der Waals surface area contributed by atoms with Crippen molar-refractivity contribution in [2.45, 2.75) is 6.92 Å². The molecule has 0 aromatic heterocycles. The number of nitrogens with one attached hydrogen (secondary N) is 2. The van der Waals surface area contributed by atoms with E-state index in [1.807, 2.05) is 0 Å². The minimum Gasteiger partial charge on any atom is -0.454 e. The summed E-state index contributed by atoms with van der Waals surface area (Å²) in [7, 11) is 0. The Labute approximate surface area is 168 Å². The molecule has 0 saturated heterocycles. The van der Waals surface area contributed by atoms with Gasteiger partial charge in [0.05, 0.1) is 4.92 Å². The first-order valence-corrected chi connectivity index (χ1v) is 8.80. The molecule has 0 radical (unpaired) electrons. The minimum atomic E-state index is -0.777. The van der Waals surface area contributed by atoms with Gasteiger partial charge in [-0.1, -0.05) is 15.9 Å². The average Bonchev–Trinajstić information content (AvgIpc) is 2.66. The lowest BCUT2D eigenvalue weighted by Gasteiger charge is -2.09. The van der Waals surface area contributed by atoms with Crippen molar-refractivity contribution in [1.29, 1.82) is 0 Å². The van der Waals surface area contributed by atoms with Gasteiger partial charge in [-0.2, -0.15) is 0 Å². The third-order valence-corrected chi connectivity index (χ3v) is 4.09. The molecule has 10 heteroatoms. The third kappa shape index (κ3) is 6.16. The van der Waals surface area contributed by atoms with Crippen molar-refractivity contribution in [2.24, 2.45) is 0 Å². The second-order valence-electron chi connectivity index (χ2n) is 5.65. The van der Waals surface area contributed by atoms with Gasteiger partial charge in [0.25, 0.3) is 17.5 Å². The van der Waals surface area contributed by atoms with E-state index in [4.69, 9.17) is 4.74 Å². The molecule has 0 bridgehead atoms. The highest BCUT2D eigenvalue weighted by molar-refractivity contribution is 9.10. The molecule has 9 nitrogen and oxygen atoms in total. The van der Waals surface area contributed by atoms with Gasteiger partial charge < -0.3 is 15.4 Å². The molecule has 0 fully saturated rings. The molecule has 2 amide bonds. The topological polar surface area (TPSA) is 128 Å². The molecule has 2 aromatic carbocycles. The minimum absolute atomic E-state index is 0.0940. The third-order valence-electron chi connectivity index (χ3n) is 3.56. The number of ether oxygens (including phenoxy) is 1. The maximum absolute atomic E-state index is 11.9. The van der Waals surface area contributed by atoms with Crippen molar-refractivity contribution < 1.29 is 24.0 Å². The highest BCUT2D eigenvalue weighted by Gasteiger charge is 2.13. The summed E-state index contributed by atoms with van der Waals surface area (Å²) >= 11 is 3.26. The monoisotopic (exact) mass is 449 g/mol. The van der Waals surface area contributed by atoms with Crippen molar-refractivity contribution >= 4 is 45.1 Å². The number of carbonyl (C=O) groups excluding carboxylic acids is 3. The van der Waals surface area contributed by atoms with Crippen LogP contribution >= 0.6 is 15.9 Å². The van der Waals surface area contributed by atoms with Crippen LogP contribution in [0.5, 0.6) is 0 Å². The Bertz CT molecular complexity index is 914. The summed E-state index contributed by atoms with van der Waals surface area (Å²) in [5, 5.41) is 15.6. The van der Waals surface area contributed by atoms with E-state index in [2.05, 4.69) is 26.6 Å². The fourth-order valence-corrected chi connectivity index (χ4v) is 2.41. The molecule has 0 atom stereocenters. The van der Waals surface area contributed by atoms with Gasteiger partial charge in [0, 0.05) is 27.9 Å². The Morgan fingerprint density at radius 1 is 1.14 bits per heavy atom. The number of aryl methyl sites for hydroxylation is 1. The van der Waals surface area contributed by atoms with Crippen molar-refractivity contribution in [2.75, 3.05) is 18.5 Å². The first kappa shape index (κ1) is 21.0. The van der Waals surface area contributed by atoms with E-state index in [-0.39, 0.29) is 5.69 Å². The second-order valence-corrected chi connectivity index (χ2v) is 6.57. The first-order valence-electron chi connectivity index (χ1n) is 8.00. The Morgan fingerprint density at radius 3 is 2.43 bits per heavy atom. The molecule has 0 aliphatic heterocycles. The van der Waals surface area contributed by atoms with E-state index in [0.29, 0.717) is 16.8 Å². The van der Waals surface area contributed by atoms with E-state index in [0.717, 1.165) is 4.47 Å². The van der Waals surface area contributed by atoms with Crippen LogP contribution in [0.3, 0.4) is 0 Å². The van der Waals surface area contributed by atoms with E-state index in [9.17, 15) is 24.5 Å². The Morgan fingerprint density at radius 2 is 1.82 bits per heavy atom. The summed E-state index contributed by atoms with van der Waals surface area (Å²) in [6.07, 6.45) is 0. The van der Waals surface area contributed by atoms with Crippen LogP contribution in [0.4, 0.5) is 11.4 Å². The predicted octanol–water partition coefficient (Wildman–Crippen LogP) is 2.58. The second kappa shape index (κ2) is 9.60. The van der Waals surface area contributed by atoms with Gasteiger partial charge in [0.2, 0.25) is 0 Å². The zero-order valence-corrected chi connectivity index (χ0v) is 16.3. The molecule has 0 aliphatic rings. The highest BCUT2D eigenvalue weighted by Crippen LogP contribution is 2.21. The first-order chi connectivity index (χ1) is 13.3. The van der Waals surface area contributed by atoms with Crippen molar-refractivity contribution in [3.63, 3.8) is 0 Å². The van der Waals surface area contributed by atoms with Crippen LogP contribution in [0.25, 0.3) is 0 Å². The molecule has 0 saturated carbocycles. The summed E-state index contributed by atoms with van der Waals surface area (Å²) in [5.74, 6) is -1.83. The molecule has 0 heterocycles. The van der Waals surface area contributed by atoms with Gasteiger partial charge in [-0.15, -0.1) is 0 Å². The summed E-state index contributed by atoms with van der Waals surface area (Å²) in [6, 6.07) is 10.5. The fourth-order valence-electron chi connectivity index (χ4n) is 2.14. The number of hydrogen-bond donors (Lipinski definition) is 2. The van der Waals surface area contributed by atoms with Gasteiger partial charge in [-0.25, -0.2) is 0 Å². The predicted molar refractivity (Wildman–Crippen MR) is 104 cm³/mol. The van der Waals surface area contributed by atoms with Crippen LogP contribution in [0.1, 0.15) is 15.9 Å². The van der Waals surface area contributed by atoms with E-state index in [1.165, 1.54) is 18.2 Å². The number of halogens is 1.